The number of rotatable bonds is 6. The van der Waals surface area contributed by atoms with Gasteiger partial charge in [-0.3, -0.25) is 4.79 Å². The first kappa shape index (κ1) is 15.7. The average Bonchev–Trinajstić information content (AvgIpc) is 2.33. The highest BCUT2D eigenvalue weighted by Crippen LogP contribution is 2.23. The van der Waals surface area contributed by atoms with Gasteiger partial charge >= 0.3 is 0 Å². The zero-order chi connectivity index (χ0) is 13.5. The van der Waals surface area contributed by atoms with Crippen molar-refractivity contribution in [2.24, 2.45) is 0 Å². The normalized spacial score (nSPS) is 10.4. The van der Waals surface area contributed by atoms with Crippen LogP contribution in [0.3, 0.4) is 0 Å². The number of hydrogen-bond donors (Lipinski definition) is 1. The molecule has 0 bridgehead atoms. The molecule has 0 spiro atoms. The van der Waals surface area contributed by atoms with E-state index in [4.69, 9.17) is 5.11 Å². The standard InChI is InChI=1S/C13H17Br2NO2/c1-16(7-3-2-4-8-17)13(18)11-6-5-10(14)9-12(11)15/h5-6,9,17H,2-4,7-8H2,1H3. The van der Waals surface area contributed by atoms with Gasteiger partial charge in [-0.05, 0) is 53.4 Å². The maximum atomic E-state index is 12.2. The summed E-state index contributed by atoms with van der Waals surface area (Å²) in [4.78, 5) is 13.9. The van der Waals surface area contributed by atoms with Crippen LogP contribution in [0.25, 0.3) is 0 Å². The minimum atomic E-state index is 0.0124. The van der Waals surface area contributed by atoms with Gasteiger partial charge in [0.15, 0.2) is 0 Å². The van der Waals surface area contributed by atoms with Crippen molar-refractivity contribution in [3.8, 4) is 0 Å². The molecule has 18 heavy (non-hydrogen) atoms. The topological polar surface area (TPSA) is 40.5 Å². The second kappa shape index (κ2) is 7.92. The van der Waals surface area contributed by atoms with Gasteiger partial charge in [0.2, 0.25) is 0 Å². The lowest BCUT2D eigenvalue weighted by atomic mass is 10.2. The van der Waals surface area contributed by atoms with Crippen molar-refractivity contribution >= 4 is 37.8 Å². The van der Waals surface area contributed by atoms with Crippen molar-refractivity contribution in [3.05, 3.63) is 32.7 Å². The Kier molecular flexibility index (Phi) is 6.89. The van der Waals surface area contributed by atoms with E-state index in [1.165, 1.54) is 0 Å². The fourth-order valence-electron chi connectivity index (χ4n) is 1.61. The number of carbonyl (C=O) groups is 1. The predicted molar refractivity (Wildman–Crippen MR) is 79.7 cm³/mol. The quantitative estimate of drug-likeness (QED) is 0.770. The summed E-state index contributed by atoms with van der Waals surface area (Å²) in [5, 5.41) is 8.69. The van der Waals surface area contributed by atoms with E-state index in [2.05, 4.69) is 31.9 Å². The highest BCUT2D eigenvalue weighted by molar-refractivity contribution is 9.11. The molecule has 0 unspecified atom stereocenters. The number of aliphatic hydroxyl groups is 1. The number of unbranched alkanes of at least 4 members (excludes halogenated alkanes) is 2. The molecule has 1 rings (SSSR count). The van der Waals surface area contributed by atoms with E-state index in [1.807, 2.05) is 12.1 Å². The molecular weight excluding hydrogens is 362 g/mol. The summed E-state index contributed by atoms with van der Waals surface area (Å²) < 4.78 is 1.74. The molecular formula is C13H17Br2NO2. The van der Waals surface area contributed by atoms with Crippen LogP contribution in [0.5, 0.6) is 0 Å². The second-order valence-electron chi connectivity index (χ2n) is 4.14. The first-order chi connectivity index (χ1) is 8.56. The summed E-state index contributed by atoms with van der Waals surface area (Å²) in [5.41, 5.74) is 0.669. The van der Waals surface area contributed by atoms with Crippen LogP contribution in [0, 0.1) is 0 Å². The Balaban J connectivity index is 2.57. The van der Waals surface area contributed by atoms with Gasteiger partial charge in [0, 0.05) is 29.1 Å². The van der Waals surface area contributed by atoms with Gasteiger partial charge in [0.1, 0.15) is 0 Å². The summed E-state index contributed by atoms with van der Waals surface area (Å²) in [7, 11) is 1.80. The molecule has 0 aliphatic heterocycles. The zero-order valence-corrected chi connectivity index (χ0v) is 13.5. The monoisotopic (exact) mass is 377 g/mol. The first-order valence-electron chi connectivity index (χ1n) is 5.87. The summed E-state index contributed by atoms with van der Waals surface area (Å²) in [5.74, 6) is 0.0124. The van der Waals surface area contributed by atoms with Gasteiger partial charge in [-0.15, -0.1) is 0 Å². The maximum Gasteiger partial charge on any atom is 0.254 e. The molecule has 0 aromatic heterocycles. The SMILES string of the molecule is CN(CCCCCO)C(=O)c1ccc(Br)cc1Br. The van der Waals surface area contributed by atoms with E-state index in [-0.39, 0.29) is 12.5 Å². The number of hydrogen-bond acceptors (Lipinski definition) is 2. The molecule has 0 fully saturated rings. The van der Waals surface area contributed by atoms with Gasteiger partial charge < -0.3 is 10.0 Å². The lowest BCUT2D eigenvalue weighted by Gasteiger charge is -2.18. The molecule has 1 amide bonds. The van der Waals surface area contributed by atoms with Crippen molar-refractivity contribution < 1.29 is 9.90 Å². The molecule has 0 saturated heterocycles. The number of halogens is 2. The lowest BCUT2D eigenvalue weighted by molar-refractivity contribution is 0.0791. The highest BCUT2D eigenvalue weighted by atomic mass is 79.9. The number of benzene rings is 1. The Morgan fingerprint density at radius 3 is 2.61 bits per heavy atom. The summed E-state index contributed by atoms with van der Waals surface area (Å²) in [6.07, 6.45) is 2.65. The molecule has 1 aromatic rings. The fourth-order valence-corrected chi connectivity index (χ4v) is 2.82. The third kappa shape index (κ3) is 4.71. The maximum absolute atomic E-state index is 12.2. The van der Waals surface area contributed by atoms with Crippen LogP contribution in [-0.4, -0.2) is 36.1 Å². The molecule has 100 valence electrons. The number of nitrogens with zero attached hydrogens (tertiary/aromatic N) is 1. The highest BCUT2D eigenvalue weighted by Gasteiger charge is 2.14. The van der Waals surface area contributed by atoms with E-state index in [1.54, 1.807) is 18.0 Å². The van der Waals surface area contributed by atoms with Crippen LogP contribution in [0.4, 0.5) is 0 Å². The van der Waals surface area contributed by atoms with Gasteiger partial charge in [-0.2, -0.15) is 0 Å². The number of carbonyl (C=O) groups excluding carboxylic acids is 1. The van der Waals surface area contributed by atoms with Gasteiger partial charge in [-0.1, -0.05) is 15.9 Å². The largest absolute Gasteiger partial charge is 0.396 e. The predicted octanol–water partition coefficient (Wildman–Crippen LogP) is 3.45. The van der Waals surface area contributed by atoms with Crippen LogP contribution in [0.1, 0.15) is 29.6 Å². The first-order valence-corrected chi connectivity index (χ1v) is 7.46. The zero-order valence-electron chi connectivity index (χ0n) is 10.3. The molecule has 0 radical (unpaired) electrons. The third-order valence-electron chi connectivity index (χ3n) is 2.66. The summed E-state index contributed by atoms with van der Waals surface area (Å²) >= 11 is 6.76. The molecule has 0 aliphatic rings. The molecule has 0 aliphatic carbocycles. The second-order valence-corrected chi connectivity index (χ2v) is 5.91. The number of amides is 1. The molecule has 0 heterocycles. The van der Waals surface area contributed by atoms with Crippen LogP contribution in [-0.2, 0) is 0 Å². The average molecular weight is 379 g/mol. The molecule has 0 atom stereocenters. The van der Waals surface area contributed by atoms with Gasteiger partial charge in [0.25, 0.3) is 5.91 Å². The van der Waals surface area contributed by atoms with Crippen molar-refractivity contribution in [1.29, 1.82) is 0 Å². The van der Waals surface area contributed by atoms with E-state index < -0.39 is 0 Å². The Morgan fingerprint density at radius 2 is 2.00 bits per heavy atom. The van der Waals surface area contributed by atoms with Gasteiger partial charge in [0.05, 0.1) is 5.56 Å². The van der Waals surface area contributed by atoms with Crippen molar-refractivity contribution in [2.75, 3.05) is 20.2 Å². The molecule has 3 nitrogen and oxygen atoms in total. The summed E-state index contributed by atoms with van der Waals surface area (Å²) in [6, 6.07) is 5.53. The molecule has 0 saturated carbocycles. The molecule has 5 heteroatoms. The smallest absolute Gasteiger partial charge is 0.254 e. The van der Waals surface area contributed by atoms with E-state index >= 15 is 0 Å². The Morgan fingerprint density at radius 1 is 1.28 bits per heavy atom. The minimum Gasteiger partial charge on any atom is -0.396 e. The lowest BCUT2D eigenvalue weighted by Crippen LogP contribution is -2.28. The van der Waals surface area contributed by atoms with E-state index in [0.29, 0.717) is 12.1 Å². The van der Waals surface area contributed by atoms with Gasteiger partial charge in [-0.25, -0.2) is 0 Å². The van der Waals surface area contributed by atoms with Crippen molar-refractivity contribution in [3.63, 3.8) is 0 Å². The van der Waals surface area contributed by atoms with Crippen molar-refractivity contribution in [2.45, 2.75) is 19.3 Å². The van der Waals surface area contributed by atoms with Crippen LogP contribution >= 0.6 is 31.9 Å². The number of aliphatic hydroxyl groups excluding tert-OH is 1. The van der Waals surface area contributed by atoms with Crippen molar-refractivity contribution in [1.82, 2.24) is 4.90 Å². The Bertz CT molecular complexity index is 410. The van der Waals surface area contributed by atoms with Crippen LogP contribution < -0.4 is 0 Å². The molecule has 1 aromatic carbocycles. The Labute approximate surface area is 124 Å². The van der Waals surface area contributed by atoms with E-state index in [9.17, 15) is 4.79 Å². The van der Waals surface area contributed by atoms with E-state index in [0.717, 1.165) is 28.2 Å². The molecule has 1 N–H and O–H groups in total. The minimum absolute atomic E-state index is 0.0124. The summed E-state index contributed by atoms with van der Waals surface area (Å²) in [6.45, 7) is 0.928. The fraction of sp³-hybridized carbons (Fsp3) is 0.462. The van der Waals surface area contributed by atoms with Crippen LogP contribution in [0.15, 0.2) is 27.1 Å². The third-order valence-corrected chi connectivity index (χ3v) is 3.81. The Hall–Kier alpha value is -0.390. The van der Waals surface area contributed by atoms with Crippen LogP contribution in [0.2, 0.25) is 0 Å².